The zero-order chi connectivity index (χ0) is 20.1. The lowest BCUT2D eigenvalue weighted by Crippen LogP contribution is -2.34. The predicted molar refractivity (Wildman–Crippen MR) is 97.5 cm³/mol. The van der Waals surface area contributed by atoms with E-state index in [9.17, 15) is 22.8 Å². The molecule has 9 heteroatoms. The third kappa shape index (κ3) is 3.13. The van der Waals surface area contributed by atoms with Crippen LogP contribution in [0.1, 0.15) is 25.3 Å². The topological polar surface area (TPSA) is 63.0 Å². The highest BCUT2D eigenvalue weighted by Gasteiger charge is 2.39. The minimum atomic E-state index is -4.73. The summed E-state index contributed by atoms with van der Waals surface area (Å²) in [4.78, 5) is 26.0. The minimum Gasteiger partial charge on any atom is -0.327 e. The summed E-state index contributed by atoms with van der Waals surface area (Å²) in [6, 6.07) is 4.91. The molecule has 0 aliphatic rings. The van der Waals surface area contributed by atoms with Crippen LogP contribution >= 0.6 is 0 Å². The number of hydrogen-bond donors (Lipinski definition) is 1. The summed E-state index contributed by atoms with van der Waals surface area (Å²) in [5.74, 6) is -0.105. The first-order chi connectivity index (χ1) is 12.5. The first-order valence-corrected chi connectivity index (χ1v) is 8.27. The van der Waals surface area contributed by atoms with Gasteiger partial charge in [-0.25, -0.2) is 4.79 Å². The number of aromatic nitrogens is 3. The minimum absolute atomic E-state index is 0.105. The smallest absolute Gasteiger partial charge is 0.327 e. The van der Waals surface area contributed by atoms with Crippen molar-refractivity contribution in [2.45, 2.75) is 26.1 Å². The number of benzene rings is 1. The molecule has 0 saturated carbocycles. The van der Waals surface area contributed by atoms with Gasteiger partial charge in [0.15, 0.2) is 0 Å². The number of H-pyrrole nitrogens is 1. The van der Waals surface area contributed by atoms with Crippen molar-refractivity contribution < 1.29 is 13.2 Å². The van der Waals surface area contributed by atoms with Crippen LogP contribution in [0.15, 0.2) is 40.1 Å². The summed E-state index contributed by atoms with van der Waals surface area (Å²) in [5, 5.41) is 0. The van der Waals surface area contributed by atoms with Gasteiger partial charge < -0.3 is 4.98 Å². The first-order valence-electron chi connectivity index (χ1n) is 8.27. The molecule has 0 bridgehead atoms. The summed E-state index contributed by atoms with van der Waals surface area (Å²) in [7, 11) is 3.12. The quantitative estimate of drug-likeness (QED) is 0.709. The number of aryl methyl sites for hydroxylation is 2. The highest BCUT2D eigenvalue weighted by Crippen LogP contribution is 2.39. The molecule has 0 radical (unpaired) electrons. The van der Waals surface area contributed by atoms with E-state index in [0.717, 1.165) is 18.3 Å². The molecule has 2 aromatic heterocycles. The van der Waals surface area contributed by atoms with E-state index in [0.29, 0.717) is 16.6 Å². The molecule has 2 heterocycles. The van der Waals surface area contributed by atoms with Gasteiger partial charge in [-0.2, -0.15) is 0 Å². The van der Waals surface area contributed by atoms with Gasteiger partial charge in [0, 0.05) is 26.4 Å². The average Bonchev–Trinajstić information content (AvgIpc) is 2.79. The number of halogens is 3. The fourth-order valence-corrected chi connectivity index (χ4v) is 3.22. The zero-order valence-corrected chi connectivity index (χ0v) is 15.3. The van der Waals surface area contributed by atoms with Gasteiger partial charge in [-0.05, 0) is 29.7 Å². The molecule has 0 spiro atoms. The Hall–Kier alpha value is -2.97. The van der Waals surface area contributed by atoms with E-state index in [1.807, 2.05) is 13.8 Å². The van der Waals surface area contributed by atoms with Crippen LogP contribution in [0.3, 0.4) is 0 Å². The van der Waals surface area contributed by atoms with Crippen molar-refractivity contribution in [3.63, 3.8) is 0 Å². The number of aromatic amines is 1. The molecule has 0 aliphatic heterocycles. The Morgan fingerprint density at radius 1 is 1.04 bits per heavy atom. The second kappa shape index (κ2) is 6.33. The number of alkyl halides is 3. The maximum absolute atomic E-state index is 13.9. The van der Waals surface area contributed by atoms with Gasteiger partial charge in [0.1, 0.15) is 0 Å². The second-order valence-corrected chi connectivity index (χ2v) is 6.67. The molecule has 1 aromatic carbocycles. The van der Waals surface area contributed by atoms with Crippen LogP contribution in [0.5, 0.6) is 0 Å². The van der Waals surface area contributed by atoms with E-state index < -0.39 is 11.9 Å². The molecule has 27 heavy (non-hydrogen) atoms. The van der Waals surface area contributed by atoms with Crippen LogP contribution < -0.4 is 16.1 Å². The largest absolute Gasteiger partial charge is 0.489 e. The summed E-state index contributed by atoms with van der Waals surface area (Å²) in [5.41, 5.74) is 0.467. The second-order valence-electron chi connectivity index (χ2n) is 6.67. The molecule has 3 aromatic rings. The van der Waals surface area contributed by atoms with Crippen LogP contribution in [-0.4, -0.2) is 20.4 Å². The molecule has 0 fully saturated rings. The highest BCUT2D eigenvalue weighted by atomic mass is 19.4. The molecule has 0 atom stereocenters. The van der Waals surface area contributed by atoms with Crippen LogP contribution in [0.25, 0.3) is 11.0 Å². The fourth-order valence-electron chi connectivity index (χ4n) is 3.22. The molecule has 0 unspecified atom stereocenters. The third-order valence-electron chi connectivity index (χ3n) is 4.53. The molecule has 0 aliphatic carbocycles. The van der Waals surface area contributed by atoms with E-state index in [1.54, 1.807) is 7.05 Å². The number of fused-ring (bicyclic) bond motifs is 1. The van der Waals surface area contributed by atoms with E-state index in [2.05, 4.69) is 4.98 Å². The van der Waals surface area contributed by atoms with Crippen molar-refractivity contribution in [1.82, 2.24) is 14.1 Å². The molecule has 0 amide bonds. The summed E-state index contributed by atoms with van der Waals surface area (Å²) in [6.07, 6.45) is -3.72. The van der Waals surface area contributed by atoms with Gasteiger partial charge in [-0.3, -0.25) is 18.8 Å². The van der Waals surface area contributed by atoms with Gasteiger partial charge in [-0.15, -0.1) is 13.2 Å². The number of nitrogens with one attached hydrogen (secondary N) is 1. The molecular weight excluding hydrogens is 361 g/mol. The van der Waals surface area contributed by atoms with Crippen molar-refractivity contribution >= 4 is 22.4 Å². The number of rotatable bonds is 3. The van der Waals surface area contributed by atoms with E-state index in [4.69, 9.17) is 0 Å². The Morgan fingerprint density at radius 3 is 2.22 bits per heavy atom. The van der Waals surface area contributed by atoms with Gasteiger partial charge in [0.2, 0.25) is 5.56 Å². The molecule has 6 nitrogen and oxygen atoms in total. The van der Waals surface area contributed by atoms with Crippen molar-refractivity contribution in [1.29, 1.82) is 0 Å². The van der Waals surface area contributed by atoms with Gasteiger partial charge in [-0.1, -0.05) is 13.8 Å². The first kappa shape index (κ1) is 18.8. The molecule has 144 valence electrons. The van der Waals surface area contributed by atoms with Crippen LogP contribution in [0.4, 0.5) is 24.5 Å². The third-order valence-corrected chi connectivity index (χ3v) is 4.53. The number of hydrogen-bond acceptors (Lipinski definition) is 3. The molecule has 0 saturated heterocycles. The normalized spacial score (nSPS) is 12.1. The number of nitrogens with zero attached hydrogens (tertiary/aromatic N) is 3. The van der Waals surface area contributed by atoms with Gasteiger partial charge >= 0.3 is 12.0 Å². The van der Waals surface area contributed by atoms with E-state index in [1.165, 1.54) is 28.3 Å². The standard InChI is InChI=1S/C18H19F3N4O2/c1-10(2)13-7-12(8-14-16(13)24(4)17(27)23(14)3)25(18(19,20)21)11-5-6-15(26)22-9-11/h5-10H,1-4H3,(H,22,26). The molecule has 1 N–H and O–H groups in total. The van der Waals surface area contributed by atoms with Gasteiger partial charge in [0.05, 0.1) is 22.4 Å². The maximum Gasteiger partial charge on any atom is 0.489 e. The van der Waals surface area contributed by atoms with Crippen LogP contribution in [0, 0.1) is 0 Å². The van der Waals surface area contributed by atoms with E-state index in [-0.39, 0.29) is 27.9 Å². The fraction of sp³-hybridized carbons (Fsp3) is 0.333. The highest BCUT2D eigenvalue weighted by molar-refractivity contribution is 5.86. The average molecular weight is 380 g/mol. The van der Waals surface area contributed by atoms with Crippen LogP contribution in [0.2, 0.25) is 0 Å². The van der Waals surface area contributed by atoms with Crippen molar-refractivity contribution in [3.05, 3.63) is 56.9 Å². The van der Waals surface area contributed by atoms with Crippen molar-refractivity contribution in [3.8, 4) is 0 Å². The summed E-state index contributed by atoms with van der Waals surface area (Å²) >= 11 is 0. The zero-order valence-electron chi connectivity index (χ0n) is 15.3. The SMILES string of the molecule is CC(C)c1cc(N(c2ccc(=O)[nH]c2)C(F)(F)F)cc2c1n(C)c(=O)n2C. The Morgan fingerprint density at radius 2 is 1.70 bits per heavy atom. The van der Waals surface area contributed by atoms with Crippen LogP contribution in [-0.2, 0) is 14.1 Å². The van der Waals surface area contributed by atoms with Crippen molar-refractivity contribution in [2.75, 3.05) is 4.90 Å². The lowest BCUT2D eigenvalue weighted by molar-refractivity contribution is -0.120. The Bertz CT molecular complexity index is 1100. The van der Waals surface area contributed by atoms with Crippen molar-refractivity contribution in [2.24, 2.45) is 14.1 Å². The van der Waals surface area contributed by atoms with Gasteiger partial charge in [0.25, 0.3) is 0 Å². The Balaban J connectivity index is 2.36. The predicted octanol–water partition coefficient (Wildman–Crippen LogP) is 3.35. The number of pyridine rings is 1. The lowest BCUT2D eigenvalue weighted by atomic mass is 10.00. The summed E-state index contributed by atoms with van der Waals surface area (Å²) in [6.45, 7) is 3.71. The lowest BCUT2D eigenvalue weighted by Gasteiger charge is -2.28. The summed E-state index contributed by atoms with van der Waals surface area (Å²) < 4.78 is 44.4. The number of imidazole rings is 1. The Labute approximate surface area is 152 Å². The molecule has 3 rings (SSSR count). The number of anilines is 2. The van der Waals surface area contributed by atoms with E-state index >= 15 is 0 Å². The Kier molecular flexibility index (Phi) is 4.41. The monoisotopic (exact) mass is 380 g/mol. The molecular formula is C18H19F3N4O2. The maximum atomic E-state index is 13.9.